The fourth-order valence-corrected chi connectivity index (χ4v) is 9.23. The number of hydrogen-bond acceptors (Lipinski definition) is 10. The molecule has 314 valence electrons. The van der Waals surface area contributed by atoms with Gasteiger partial charge in [0.1, 0.15) is 6.04 Å². The van der Waals surface area contributed by atoms with E-state index in [1.54, 1.807) is 4.90 Å². The minimum absolute atomic E-state index is 0.0169. The predicted octanol–water partition coefficient (Wildman–Crippen LogP) is 7.36. The fraction of sp³-hybridized carbons (Fsp3) is 0.306. The molecular weight excluding hydrogens is 783 g/mol. The van der Waals surface area contributed by atoms with Crippen molar-refractivity contribution >= 4 is 47.1 Å². The first kappa shape index (κ1) is 40.4. The number of likely N-dealkylation sites (tertiary alicyclic amines) is 2. The van der Waals surface area contributed by atoms with E-state index >= 15 is 0 Å². The van der Waals surface area contributed by atoms with E-state index in [2.05, 4.69) is 41.7 Å². The van der Waals surface area contributed by atoms with Crippen LogP contribution in [0.2, 0.25) is 0 Å². The molecule has 2 fully saturated rings. The lowest BCUT2D eigenvalue weighted by molar-refractivity contribution is -0.144. The van der Waals surface area contributed by atoms with Gasteiger partial charge in [-0.15, -0.1) is 0 Å². The topological polar surface area (TPSA) is 156 Å². The lowest BCUT2D eigenvalue weighted by Crippen LogP contribution is -2.43. The molecule has 3 amide bonds. The number of methoxy groups -OCH3 is 2. The van der Waals surface area contributed by atoms with Gasteiger partial charge in [-0.2, -0.15) is 0 Å². The second-order valence-electron chi connectivity index (χ2n) is 16.2. The molecule has 13 heteroatoms. The first-order valence-corrected chi connectivity index (χ1v) is 21.1. The van der Waals surface area contributed by atoms with Crippen molar-refractivity contribution in [2.75, 3.05) is 27.3 Å². The molecule has 2 saturated heterocycles. The van der Waals surface area contributed by atoms with Crippen LogP contribution in [0.3, 0.4) is 0 Å². The second-order valence-corrected chi connectivity index (χ2v) is 16.2. The van der Waals surface area contributed by atoms with E-state index in [0.717, 1.165) is 76.0 Å². The predicted molar refractivity (Wildman–Crippen MR) is 233 cm³/mol. The van der Waals surface area contributed by atoms with E-state index in [1.807, 2.05) is 78.0 Å². The maximum Gasteiger partial charge on any atom is 0.407 e. The molecule has 1 unspecified atom stereocenters. The Balaban J connectivity index is 0.871. The van der Waals surface area contributed by atoms with Gasteiger partial charge in [-0.3, -0.25) is 14.4 Å². The van der Waals surface area contributed by atoms with Crippen LogP contribution >= 0.6 is 0 Å². The molecule has 0 bridgehead atoms. The zero-order valence-electron chi connectivity index (χ0n) is 34.7. The van der Waals surface area contributed by atoms with Crippen molar-refractivity contribution in [2.45, 2.75) is 69.0 Å². The Kier molecular flexibility index (Phi) is 11.4. The molecular formula is C49H47N7O6. The maximum absolute atomic E-state index is 14.1. The Labute approximate surface area is 359 Å². The summed E-state index contributed by atoms with van der Waals surface area (Å²) in [7, 11) is 2.63. The van der Waals surface area contributed by atoms with Crippen molar-refractivity contribution < 1.29 is 28.7 Å². The molecule has 4 aliphatic rings. The summed E-state index contributed by atoms with van der Waals surface area (Å²) in [4.78, 5) is 75.8. The molecule has 0 spiro atoms. The quantitative estimate of drug-likeness (QED) is 0.134. The van der Waals surface area contributed by atoms with E-state index in [0.29, 0.717) is 43.1 Å². The van der Waals surface area contributed by atoms with Crippen LogP contribution in [0.25, 0.3) is 22.8 Å². The number of amides is 3. The molecule has 0 radical (unpaired) electrons. The van der Waals surface area contributed by atoms with E-state index in [4.69, 9.17) is 29.4 Å². The number of hydrogen-bond donors (Lipinski definition) is 1. The van der Waals surface area contributed by atoms with Crippen LogP contribution in [0.15, 0.2) is 108 Å². The average Bonchev–Trinajstić information content (AvgIpc) is 4.16. The number of pyridine rings is 1. The largest absolute Gasteiger partial charge is 0.469 e. The van der Waals surface area contributed by atoms with Gasteiger partial charge in [0.05, 0.1) is 44.3 Å². The molecule has 9 rings (SSSR count). The number of nitrogens with one attached hydrogen (secondary N) is 1. The lowest BCUT2D eigenvalue weighted by atomic mass is 9.93. The summed E-state index contributed by atoms with van der Waals surface area (Å²) in [6.07, 6.45) is 9.62. The van der Waals surface area contributed by atoms with Gasteiger partial charge in [-0.05, 0) is 65.7 Å². The summed E-state index contributed by atoms with van der Waals surface area (Å²) >= 11 is 0. The normalized spacial score (nSPS) is 18.6. The number of ether oxygens (including phenoxy) is 2. The average molecular weight is 830 g/mol. The number of esters is 1. The Morgan fingerprint density at radius 1 is 0.726 bits per heavy atom. The standard InChI is InChI=1S/C49H47N7O6/c1-61-43(57)27-38(32-11-5-3-6-12-32)47(58)55-21-9-15-41(55)40-26-35-24-36(28-50-45(35)53-40)31-19-17-30(18-20-31)34-23-37-29-51-46(52-39(37)25-34)42-16-10-22-56(42)48(59)44(54-49(60)62-2)33-13-7-4-8-14-33/h3-8,11-14,17-20,24-25,28-29,38,41-42,44H,9-10,15-16,21-23,26-27H2,1-2H3,(H,54,60)/t38-,41+,42?,44-/m1/s1. The van der Waals surface area contributed by atoms with E-state index in [1.165, 1.54) is 14.2 Å². The Morgan fingerprint density at radius 3 is 2.11 bits per heavy atom. The van der Waals surface area contributed by atoms with E-state index in [-0.39, 0.29) is 30.3 Å². The number of aliphatic imine (C=N–C) groups is 1. The van der Waals surface area contributed by atoms with Gasteiger partial charge in [0.15, 0.2) is 11.6 Å². The van der Waals surface area contributed by atoms with Crippen molar-refractivity contribution in [3.05, 3.63) is 143 Å². The monoisotopic (exact) mass is 829 g/mol. The zero-order chi connectivity index (χ0) is 42.7. The molecule has 5 aromatic rings. The number of carbonyl (C=O) groups is 4. The molecule has 13 nitrogen and oxygen atoms in total. The van der Waals surface area contributed by atoms with Crippen LogP contribution < -0.4 is 5.32 Å². The van der Waals surface area contributed by atoms with Crippen molar-refractivity contribution in [3.63, 3.8) is 0 Å². The van der Waals surface area contributed by atoms with Gasteiger partial charge >= 0.3 is 12.1 Å². The highest BCUT2D eigenvalue weighted by molar-refractivity contribution is 6.01. The Morgan fingerprint density at radius 2 is 1.40 bits per heavy atom. The first-order chi connectivity index (χ1) is 30.3. The van der Waals surface area contributed by atoms with Crippen LogP contribution in [0.1, 0.15) is 89.4 Å². The molecule has 1 N–H and O–H groups in total. The minimum atomic E-state index is -0.897. The number of aromatic nitrogens is 3. The van der Waals surface area contributed by atoms with Crippen LogP contribution in [0.4, 0.5) is 10.6 Å². The number of carbonyl (C=O) groups excluding carboxylic acids is 4. The van der Waals surface area contributed by atoms with Crippen LogP contribution in [-0.2, 0) is 36.7 Å². The van der Waals surface area contributed by atoms with Crippen molar-refractivity contribution in [3.8, 4) is 11.1 Å². The van der Waals surface area contributed by atoms with E-state index in [9.17, 15) is 19.2 Å². The van der Waals surface area contributed by atoms with Crippen molar-refractivity contribution in [1.82, 2.24) is 30.1 Å². The third-order valence-electron chi connectivity index (χ3n) is 12.4. The third kappa shape index (κ3) is 8.09. The van der Waals surface area contributed by atoms with Crippen LogP contribution in [0, 0.1) is 0 Å². The zero-order valence-corrected chi connectivity index (χ0v) is 34.7. The molecule has 62 heavy (non-hydrogen) atoms. The first-order valence-electron chi connectivity index (χ1n) is 21.1. The second kappa shape index (κ2) is 17.5. The number of fused-ring (bicyclic) bond motifs is 2. The highest BCUT2D eigenvalue weighted by Crippen LogP contribution is 2.38. The fourth-order valence-electron chi connectivity index (χ4n) is 9.23. The maximum atomic E-state index is 14.1. The number of benzene rings is 3. The SMILES string of the molecule is COC(=O)C[C@@H](C(=O)N1CCC[C@H]1C1=Nc2ncc(-c3ccc(C4=Cc5nc(C6CCCN6C(=O)[C@H](NC(=O)OC)c6ccccc6)ncc5C4)cc3)cc2C1)c1ccccc1. The van der Waals surface area contributed by atoms with Gasteiger partial charge < -0.3 is 24.6 Å². The van der Waals surface area contributed by atoms with Crippen LogP contribution in [-0.4, -0.2) is 87.7 Å². The summed E-state index contributed by atoms with van der Waals surface area (Å²) < 4.78 is 9.81. The van der Waals surface area contributed by atoms with E-state index < -0.39 is 24.0 Å². The molecule has 1 aliphatic carbocycles. The molecule has 3 aliphatic heterocycles. The number of alkyl carbamates (subject to hydrolysis) is 1. The smallest absolute Gasteiger partial charge is 0.407 e. The summed E-state index contributed by atoms with van der Waals surface area (Å²) in [6, 6.07) is 27.8. The third-order valence-corrected chi connectivity index (χ3v) is 12.4. The van der Waals surface area contributed by atoms with Gasteiger partial charge in [0.25, 0.3) is 5.91 Å². The van der Waals surface area contributed by atoms with Crippen molar-refractivity contribution in [1.29, 1.82) is 0 Å². The minimum Gasteiger partial charge on any atom is -0.469 e. The van der Waals surface area contributed by atoms with Gasteiger partial charge in [-0.25, -0.2) is 24.7 Å². The van der Waals surface area contributed by atoms with Crippen molar-refractivity contribution in [2.24, 2.45) is 4.99 Å². The Bertz CT molecular complexity index is 2580. The summed E-state index contributed by atoms with van der Waals surface area (Å²) in [6.45, 7) is 1.14. The highest BCUT2D eigenvalue weighted by Gasteiger charge is 2.40. The Hall–Kier alpha value is -7.02. The summed E-state index contributed by atoms with van der Waals surface area (Å²) in [5, 5.41) is 2.72. The molecule has 3 aromatic carbocycles. The molecule has 0 saturated carbocycles. The number of rotatable bonds is 11. The van der Waals surface area contributed by atoms with Crippen LogP contribution in [0.5, 0.6) is 0 Å². The molecule has 2 aromatic heterocycles. The van der Waals surface area contributed by atoms with Gasteiger partial charge in [0, 0.05) is 60.7 Å². The summed E-state index contributed by atoms with van der Waals surface area (Å²) in [5.74, 6) is -0.0816. The number of nitrogens with zero attached hydrogens (tertiary/aromatic N) is 6. The molecule has 4 atom stereocenters. The summed E-state index contributed by atoms with van der Waals surface area (Å²) in [5.41, 5.74) is 9.52. The van der Waals surface area contributed by atoms with Gasteiger partial charge in [-0.1, -0.05) is 84.9 Å². The lowest BCUT2D eigenvalue weighted by Gasteiger charge is -2.29. The van der Waals surface area contributed by atoms with Gasteiger partial charge in [0.2, 0.25) is 5.91 Å². The highest BCUT2D eigenvalue weighted by atomic mass is 16.5. The molecule has 5 heterocycles. The number of allylic oxidation sites excluding steroid dienone is 1.